The van der Waals surface area contributed by atoms with Gasteiger partial charge in [0.25, 0.3) is 5.89 Å². The third-order valence-electron chi connectivity index (χ3n) is 5.61. The molecule has 9 heteroatoms. The molecule has 0 aliphatic carbocycles. The monoisotopic (exact) mass is 466 g/mol. The van der Waals surface area contributed by atoms with Crippen molar-refractivity contribution in [1.82, 2.24) is 20.4 Å². The number of benzene rings is 2. The first kappa shape index (κ1) is 23.4. The minimum atomic E-state index is -0.497. The van der Waals surface area contributed by atoms with Crippen molar-refractivity contribution >= 4 is 11.6 Å². The Bertz CT molecular complexity index is 1160. The maximum atomic E-state index is 13.3. The molecule has 0 spiro atoms. The summed E-state index contributed by atoms with van der Waals surface area (Å²) in [5.41, 5.74) is 2.89. The van der Waals surface area contributed by atoms with Crippen molar-refractivity contribution in [2.24, 2.45) is 0 Å². The molecule has 34 heavy (non-hydrogen) atoms. The summed E-state index contributed by atoms with van der Waals surface area (Å²) < 4.78 is 29.7. The van der Waals surface area contributed by atoms with Crippen LogP contribution in [0.1, 0.15) is 37.8 Å². The lowest BCUT2D eigenvalue weighted by Crippen LogP contribution is -2.46. The molecule has 0 bridgehead atoms. The van der Waals surface area contributed by atoms with Crippen LogP contribution in [0, 0.1) is 5.82 Å². The number of aromatic nitrogens is 2. The maximum Gasteiger partial charge on any atom is 0.322 e. The highest BCUT2D eigenvalue weighted by Gasteiger charge is 2.35. The highest BCUT2D eigenvalue weighted by molar-refractivity contribution is 5.86. The number of urea groups is 1. The van der Waals surface area contributed by atoms with E-state index in [1.54, 1.807) is 24.1 Å². The van der Waals surface area contributed by atoms with Gasteiger partial charge in [0.1, 0.15) is 11.6 Å². The molecule has 1 aromatic heterocycles. The van der Waals surface area contributed by atoms with Crippen LogP contribution in [0.25, 0.3) is 17.0 Å². The zero-order valence-corrected chi connectivity index (χ0v) is 19.4. The standard InChI is InChI=1S/C25H27FN4O4/c1-4-33-20-12-8-17(9-13-20)22-21(16(2)30(25(31)27-22)14-5-15-32-3)24-28-23(29-34-24)18-6-10-19(26)11-7-18/h6-13,22H,4-5,14-15H2,1-3H3,(H,27,31). The lowest BCUT2D eigenvalue weighted by Gasteiger charge is -2.35. The van der Waals surface area contributed by atoms with Gasteiger partial charge in [0.05, 0.1) is 18.2 Å². The summed E-state index contributed by atoms with van der Waals surface area (Å²) in [6.07, 6.45) is 0.674. The van der Waals surface area contributed by atoms with Gasteiger partial charge >= 0.3 is 6.03 Å². The Morgan fingerprint density at radius 3 is 2.56 bits per heavy atom. The second kappa shape index (κ2) is 10.5. The van der Waals surface area contributed by atoms with E-state index < -0.39 is 6.04 Å². The highest BCUT2D eigenvalue weighted by atomic mass is 19.1. The Hall–Kier alpha value is -3.72. The van der Waals surface area contributed by atoms with Crippen LogP contribution in [-0.4, -0.2) is 47.9 Å². The van der Waals surface area contributed by atoms with E-state index in [0.717, 1.165) is 11.3 Å². The number of amides is 2. The van der Waals surface area contributed by atoms with Gasteiger partial charge in [0.2, 0.25) is 5.82 Å². The summed E-state index contributed by atoms with van der Waals surface area (Å²) in [4.78, 5) is 19.2. The van der Waals surface area contributed by atoms with Crippen LogP contribution in [0.5, 0.6) is 5.75 Å². The van der Waals surface area contributed by atoms with E-state index >= 15 is 0 Å². The van der Waals surface area contributed by atoms with Crippen LogP contribution in [0.15, 0.2) is 58.8 Å². The van der Waals surface area contributed by atoms with Crippen LogP contribution in [0.3, 0.4) is 0 Å². The minimum Gasteiger partial charge on any atom is -0.494 e. The van der Waals surface area contributed by atoms with E-state index in [9.17, 15) is 9.18 Å². The van der Waals surface area contributed by atoms with Crippen molar-refractivity contribution in [3.63, 3.8) is 0 Å². The van der Waals surface area contributed by atoms with Crippen molar-refractivity contribution in [2.45, 2.75) is 26.3 Å². The Labute approximate surface area is 197 Å². The van der Waals surface area contributed by atoms with Gasteiger partial charge in [-0.25, -0.2) is 9.18 Å². The predicted octanol–water partition coefficient (Wildman–Crippen LogP) is 4.81. The zero-order valence-electron chi connectivity index (χ0n) is 19.4. The molecule has 0 saturated heterocycles. The molecule has 8 nitrogen and oxygen atoms in total. The summed E-state index contributed by atoms with van der Waals surface area (Å²) >= 11 is 0. The number of nitrogens with zero attached hydrogens (tertiary/aromatic N) is 3. The normalized spacial score (nSPS) is 16.1. The molecule has 4 rings (SSSR count). The molecule has 1 aliphatic rings. The van der Waals surface area contributed by atoms with Gasteiger partial charge in [-0.05, 0) is 62.2 Å². The molecule has 1 N–H and O–H groups in total. The third-order valence-corrected chi connectivity index (χ3v) is 5.61. The van der Waals surface area contributed by atoms with Gasteiger partial charge in [-0.1, -0.05) is 17.3 Å². The predicted molar refractivity (Wildman–Crippen MR) is 124 cm³/mol. The molecule has 2 heterocycles. The SMILES string of the molecule is CCOc1ccc(C2NC(=O)N(CCCOC)C(C)=C2c2nc(-c3ccc(F)cc3)no2)cc1. The van der Waals surface area contributed by atoms with E-state index in [0.29, 0.717) is 48.8 Å². The average molecular weight is 467 g/mol. The zero-order chi connectivity index (χ0) is 24.1. The fourth-order valence-electron chi connectivity index (χ4n) is 3.92. The Morgan fingerprint density at radius 1 is 1.15 bits per heavy atom. The molecule has 3 aromatic rings. The lowest BCUT2D eigenvalue weighted by molar-refractivity contribution is 0.174. The van der Waals surface area contributed by atoms with Gasteiger partial charge in [-0.3, -0.25) is 4.90 Å². The summed E-state index contributed by atoms with van der Waals surface area (Å²) in [6, 6.07) is 12.7. The van der Waals surface area contributed by atoms with Crippen LogP contribution in [0.4, 0.5) is 9.18 Å². The van der Waals surface area contributed by atoms with E-state index in [1.807, 2.05) is 38.1 Å². The fraction of sp³-hybridized carbons (Fsp3) is 0.320. The number of hydrogen-bond acceptors (Lipinski definition) is 6. The molecule has 2 aromatic carbocycles. The number of allylic oxidation sites excluding steroid dienone is 1. The van der Waals surface area contributed by atoms with Crippen molar-refractivity contribution in [3.8, 4) is 17.1 Å². The molecule has 0 fully saturated rings. The molecule has 0 saturated carbocycles. The van der Waals surface area contributed by atoms with Gasteiger partial charge in [-0.2, -0.15) is 4.98 Å². The molecule has 1 atom stereocenters. The molecule has 178 valence electrons. The van der Waals surface area contributed by atoms with Gasteiger partial charge in [0.15, 0.2) is 0 Å². The second-order valence-electron chi connectivity index (χ2n) is 7.81. The average Bonchev–Trinajstić information content (AvgIpc) is 3.32. The van der Waals surface area contributed by atoms with Crippen molar-refractivity contribution in [3.05, 3.63) is 71.5 Å². The molecular formula is C25H27FN4O4. The van der Waals surface area contributed by atoms with Crippen molar-refractivity contribution in [2.75, 3.05) is 26.9 Å². The molecule has 1 unspecified atom stereocenters. The Kier molecular flexibility index (Phi) is 7.22. The largest absolute Gasteiger partial charge is 0.494 e. The Morgan fingerprint density at radius 2 is 1.88 bits per heavy atom. The van der Waals surface area contributed by atoms with E-state index in [1.165, 1.54) is 12.1 Å². The van der Waals surface area contributed by atoms with Crippen LogP contribution in [0.2, 0.25) is 0 Å². The van der Waals surface area contributed by atoms with E-state index in [4.69, 9.17) is 14.0 Å². The van der Waals surface area contributed by atoms with Gasteiger partial charge in [0, 0.05) is 31.5 Å². The highest BCUT2D eigenvalue weighted by Crippen LogP contribution is 2.37. The topological polar surface area (TPSA) is 89.7 Å². The number of ether oxygens (including phenoxy) is 2. The van der Waals surface area contributed by atoms with Crippen LogP contribution < -0.4 is 10.1 Å². The third kappa shape index (κ3) is 4.94. The second-order valence-corrected chi connectivity index (χ2v) is 7.81. The summed E-state index contributed by atoms with van der Waals surface area (Å²) in [6.45, 7) is 5.36. The molecular weight excluding hydrogens is 439 g/mol. The quantitative estimate of drug-likeness (QED) is 0.455. The first-order chi connectivity index (χ1) is 16.5. The van der Waals surface area contributed by atoms with Crippen LogP contribution in [-0.2, 0) is 4.74 Å². The molecule has 2 amide bonds. The Balaban J connectivity index is 1.74. The fourth-order valence-corrected chi connectivity index (χ4v) is 3.92. The van der Waals surface area contributed by atoms with Gasteiger partial charge < -0.3 is 19.3 Å². The summed E-state index contributed by atoms with van der Waals surface area (Å²) in [7, 11) is 1.63. The smallest absolute Gasteiger partial charge is 0.322 e. The first-order valence-corrected chi connectivity index (χ1v) is 11.1. The van der Waals surface area contributed by atoms with Gasteiger partial charge in [-0.15, -0.1) is 0 Å². The van der Waals surface area contributed by atoms with E-state index in [-0.39, 0.29) is 17.7 Å². The number of carbonyl (C=O) groups excluding carboxylic acids is 1. The van der Waals surface area contributed by atoms with Crippen molar-refractivity contribution in [1.29, 1.82) is 0 Å². The number of hydrogen-bond donors (Lipinski definition) is 1. The number of halogens is 1. The molecule has 0 radical (unpaired) electrons. The van der Waals surface area contributed by atoms with Crippen LogP contribution >= 0.6 is 0 Å². The van der Waals surface area contributed by atoms with Crippen molar-refractivity contribution < 1.29 is 23.2 Å². The summed E-state index contributed by atoms with van der Waals surface area (Å²) in [5, 5.41) is 7.16. The number of nitrogens with one attached hydrogen (secondary N) is 1. The first-order valence-electron chi connectivity index (χ1n) is 11.1. The minimum absolute atomic E-state index is 0.213. The van der Waals surface area contributed by atoms with E-state index in [2.05, 4.69) is 15.5 Å². The number of methoxy groups -OCH3 is 1. The summed E-state index contributed by atoms with van der Waals surface area (Å²) in [5.74, 6) is 1.02. The maximum absolute atomic E-state index is 13.3. The number of carbonyl (C=O) groups is 1. The lowest BCUT2D eigenvalue weighted by atomic mass is 9.94. The number of rotatable bonds is 9. The molecule has 1 aliphatic heterocycles.